The second-order valence-electron chi connectivity index (χ2n) is 19.5. The van der Waals surface area contributed by atoms with Crippen LogP contribution in [0, 0.1) is 31.4 Å². The maximum atomic E-state index is 16.2. The molecule has 3 aliphatic heterocycles. The van der Waals surface area contributed by atoms with E-state index in [4.69, 9.17) is 14.4 Å². The molecule has 1 N–H and O–H groups in total. The number of aryl methyl sites for hydroxylation is 3. The van der Waals surface area contributed by atoms with Gasteiger partial charge in [0.05, 0.1) is 45.8 Å². The van der Waals surface area contributed by atoms with Crippen LogP contribution in [0.5, 0.6) is 0 Å². The SMILES string of the molecule is Cc1cc(-n2nc3c(c2-n2ccn(-c4ccc5c(cnn5C)c4F)c2=O)[C@H]2CC[C@@H](C3)N2C(=O)c2cc3cc([C@H]4CCOC5(CC5)C4)ccc3n2[C@@]2(c3noc(=O)[nH]3)C[C@H]2C)cc(C)c1F. The number of carbonyl (C=O) groups is 1. The van der Waals surface area contributed by atoms with Gasteiger partial charge >= 0.3 is 11.4 Å². The van der Waals surface area contributed by atoms with Crippen LogP contribution < -0.4 is 11.4 Å². The number of nitrogens with zero attached hydrogens (tertiary/aromatic N) is 9. The summed E-state index contributed by atoms with van der Waals surface area (Å²) in [6.07, 6.45) is 11.0. The zero-order chi connectivity index (χ0) is 45.1. The second kappa shape index (κ2) is 13.6. The normalized spacial score (nSPS) is 23.9. The van der Waals surface area contributed by atoms with Crippen LogP contribution in [0.4, 0.5) is 8.78 Å². The number of ether oxygens (including phenoxy) is 1. The lowest BCUT2D eigenvalue weighted by Gasteiger charge is -2.35. The number of nitrogens with one attached hydrogen (secondary N) is 1. The summed E-state index contributed by atoms with van der Waals surface area (Å²) in [4.78, 5) is 47.8. The second-order valence-corrected chi connectivity index (χ2v) is 19.5. The third kappa shape index (κ3) is 5.48. The molecule has 0 unspecified atom stereocenters. The zero-order valence-corrected chi connectivity index (χ0v) is 36.8. The highest BCUT2D eigenvalue weighted by molar-refractivity contribution is 6.00. The summed E-state index contributed by atoms with van der Waals surface area (Å²) in [7, 11) is 1.73. The molecule has 2 bridgehead atoms. The van der Waals surface area contributed by atoms with Gasteiger partial charge in [0.1, 0.15) is 22.9 Å². The van der Waals surface area contributed by atoms with Gasteiger partial charge in [-0.2, -0.15) is 10.2 Å². The van der Waals surface area contributed by atoms with Gasteiger partial charge in [0, 0.05) is 55.0 Å². The monoisotopic (exact) mass is 892 g/mol. The largest absolute Gasteiger partial charge is 0.438 e. The molecule has 1 spiro atoms. The number of carbonyl (C=O) groups excluding carboxylic acids is 1. The van der Waals surface area contributed by atoms with Crippen molar-refractivity contribution in [1.29, 1.82) is 0 Å². The van der Waals surface area contributed by atoms with Crippen molar-refractivity contribution in [2.24, 2.45) is 13.0 Å². The van der Waals surface area contributed by atoms with E-state index in [1.807, 2.05) is 11.0 Å². The lowest BCUT2D eigenvalue weighted by atomic mass is 9.87. The summed E-state index contributed by atoms with van der Waals surface area (Å²) in [5.41, 5.74) is 4.58. The molecule has 2 saturated heterocycles. The smallest absolute Gasteiger partial charge is 0.375 e. The number of hydrogen-bond acceptors (Lipinski definition) is 8. The number of amides is 1. The van der Waals surface area contributed by atoms with Gasteiger partial charge in [-0.05, 0) is 130 Å². The number of imidazole rings is 1. The molecule has 336 valence electrons. The van der Waals surface area contributed by atoms with E-state index in [-0.39, 0.29) is 40.4 Å². The lowest BCUT2D eigenvalue weighted by molar-refractivity contribution is -0.0132. The number of aromatic amines is 1. The van der Waals surface area contributed by atoms with Crippen LogP contribution in [0.15, 0.2) is 81.2 Å². The Morgan fingerprint density at radius 3 is 2.44 bits per heavy atom. The number of rotatable bonds is 7. The summed E-state index contributed by atoms with van der Waals surface area (Å²) in [6, 6.07) is 14.4. The number of H-pyrrole nitrogens is 1. The van der Waals surface area contributed by atoms with Crippen LogP contribution in [-0.2, 0) is 23.7 Å². The van der Waals surface area contributed by atoms with Gasteiger partial charge in [-0.25, -0.2) is 23.1 Å². The first-order valence-corrected chi connectivity index (χ1v) is 22.8. The number of fused-ring (bicyclic) bond motifs is 6. The van der Waals surface area contributed by atoms with Crippen molar-refractivity contribution in [1.82, 2.24) is 48.3 Å². The van der Waals surface area contributed by atoms with Gasteiger partial charge in [-0.1, -0.05) is 18.1 Å². The first kappa shape index (κ1) is 39.5. The number of aromatic nitrogens is 9. The van der Waals surface area contributed by atoms with Crippen molar-refractivity contribution in [2.45, 2.75) is 101 Å². The first-order valence-electron chi connectivity index (χ1n) is 22.8. The van der Waals surface area contributed by atoms with E-state index >= 15 is 13.6 Å². The zero-order valence-electron chi connectivity index (χ0n) is 36.8. The standard InChI is InChI=1S/C49H46F2N10O5/c1-25-17-32(18-26(2)41(25)50)61-43(58-15-14-57(47(58)64)38-10-9-36-33(42(38)51)24-52-56(36)4)40-34(54-61)21-31-6-8-37(40)59(31)44(62)39-20-30-19-28(29-11-16-65-48(23-29)12-13-48)5-7-35(30)60(39)49(22-27(49)3)45-53-46(63)66-55-45/h5,7,9-10,14-15,17-20,24,27,29,31,37H,6,8,11-13,16,21-23H2,1-4H3,(H,53,55,63)/t27-,29+,31+,37-,49+/m1/s1. The summed E-state index contributed by atoms with van der Waals surface area (Å²) in [6.45, 7) is 6.18. The molecule has 2 saturated carbocycles. The maximum absolute atomic E-state index is 16.2. The third-order valence-electron chi connectivity index (χ3n) is 15.6. The van der Waals surface area contributed by atoms with Gasteiger partial charge < -0.3 is 14.2 Å². The van der Waals surface area contributed by atoms with E-state index in [0.29, 0.717) is 76.8 Å². The van der Waals surface area contributed by atoms with Crippen molar-refractivity contribution in [2.75, 3.05) is 6.61 Å². The lowest BCUT2D eigenvalue weighted by Crippen LogP contribution is -2.43. The van der Waals surface area contributed by atoms with Crippen LogP contribution in [0.2, 0.25) is 0 Å². The number of hydrogen-bond donors (Lipinski definition) is 1. The molecule has 5 aromatic heterocycles. The Balaban J connectivity index is 0.969. The Labute approximate surface area is 375 Å². The highest BCUT2D eigenvalue weighted by Crippen LogP contribution is 2.57. The van der Waals surface area contributed by atoms with Gasteiger partial charge in [-0.3, -0.25) is 28.1 Å². The molecule has 13 rings (SSSR count). The van der Waals surface area contributed by atoms with Crippen molar-refractivity contribution >= 4 is 27.7 Å². The molecule has 5 aliphatic rings. The van der Waals surface area contributed by atoms with Crippen molar-refractivity contribution in [3.05, 3.63) is 139 Å². The van der Waals surface area contributed by atoms with Crippen LogP contribution >= 0.6 is 0 Å². The maximum Gasteiger partial charge on any atom is 0.438 e. The van der Waals surface area contributed by atoms with Gasteiger partial charge in [0.15, 0.2) is 11.6 Å². The quantitative estimate of drug-likeness (QED) is 0.174. The minimum absolute atomic E-state index is 0.0111. The van der Waals surface area contributed by atoms with Crippen LogP contribution in [0.1, 0.15) is 108 Å². The fourth-order valence-electron chi connectivity index (χ4n) is 12.0. The van der Waals surface area contributed by atoms with E-state index in [1.165, 1.54) is 27.1 Å². The Kier molecular flexibility index (Phi) is 8.13. The number of benzene rings is 3. The predicted molar refractivity (Wildman–Crippen MR) is 238 cm³/mol. The molecular formula is C49H46F2N10O5. The highest BCUT2D eigenvalue weighted by atomic mass is 19.1. The predicted octanol–water partition coefficient (Wildman–Crippen LogP) is 7.34. The Hall–Kier alpha value is -6.88. The Morgan fingerprint density at radius 1 is 0.924 bits per heavy atom. The molecule has 0 radical (unpaired) electrons. The molecular weight excluding hydrogens is 847 g/mol. The molecule has 15 nitrogen and oxygen atoms in total. The summed E-state index contributed by atoms with van der Waals surface area (Å²) in [5.74, 6) is -0.659. The Bertz CT molecular complexity index is 3490. The van der Waals surface area contributed by atoms with Crippen molar-refractivity contribution in [3.8, 4) is 17.2 Å². The van der Waals surface area contributed by atoms with Crippen molar-refractivity contribution in [3.63, 3.8) is 0 Å². The molecule has 1 amide bonds. The Morgan fingerprint density at radius 2 is 1.70 bits per heavy atom. The van der Waals surface area contributed by atoms with E-state index in [1.54, 1.807) is 60.7 Å². The highest BCUT2D eigenvalue weighted by Gasteiger charge is 2.60. The minimum atomic E-state index is -0.837. The fourth-order valence-corrected chi connectivity index (χ4v) is 12.0. The van der Waals surface area contributed by atoms with E-state index < -0.39 is 28.8 Å². The summed E-state index contributed by atoms with van der Waals surface area (Å²) < 4.78 is 50.7. The first-order chi connectivity index (χ1) is 31.8. The van der Waals surface area contributed by atoms with E-state index in [0.717, 1.165) is 48.9 Å². The topological polar surface area (TPSA) is 156 Å². The van der Waals surface area contributed by atoms with E-state index in [9.17, 15) is 9.59 Å². The van der Waals surface area contributed by atoms with E-state index in [2.05, 4.69) is 44.9 Å². The number of halogens is 2. The van der Waals surface area contributed by atoms with Crippen LogP contribution in [0.25, 0.3) is 39.0 Å². The molecule has 66 heavy (non-hydrogen) atoms. The van der Waals surface area contributed by atoms with Crippen LogP contribution in [-0.4, -0.2) is 72.5 Å². The molecule has 3 aromatic carbocycles. The molecule has 17 heteroatoms. The van der Waals surface area contributed by atoms with Crippen LogP contribution in [0.3, 0.4) is 0 Å². The van der Waals surface area contributed by atoms with Gasteiger partial charge in [-0.15, -0.1) is 0 Å². The summed E-state index contributed by atoms with van der Waals surface area (Å²) >= 11 is 0. The van der Waals surface area contributed by atoms with Gasteiger partial charge in [0.2, 0.25) is 0 Å². The summed E-state index contributed by atoms with van der Waals surface area (Å²) in [5, 5.41) is 14.8. The molecule has 8 heterocycles. The molecule has 5 atom stereocenters. The molecule has 2 aliphatic carbocycles. The average Bonchev–Trinajstić information content (AvgIpc) is 3.70. The molecule has 4 fully saturated rings. The fraction of sp³-hybridized carbons (Fsp3) is 0.388. The molecule has 8 aromatic rings. The van der Waals surface area contributed by atoms with Crippen molar-refractivity contribution < 1.29 is 22.8 Å². The minimum Gasteiger partial charge on any atom is -0.375 e. The third-order valence-corrected chi connectivity index (χ3v) is 15.6. The van der Waals surface area contributed by atoms with Gasteiger partial charge in [0.25, 0.3) is 5.91 Å². The average molecular weight is 893 g/mol.